The highest BCUT2D eigenvalue weighted by molar-refractivity contribution is 5.73. The maximum absolute atomic E-state index is 11.8. The van der Waals surface area contributed by atoms with E-state index in [1.54, 1.807) is 0 Å². The SMILES string of the molecule is CC(=O)NC1[C@@H](OCc2ccccc2)OC(CO)[C@@H](O)[C@@H]1OCc1ccccc1. The van der Waals surface area contributed by atoms with Crippen molar-refractivity contribution in [1.82, 2.24) is 5.32 Å². The van der Waals surface area contributed by atoms with E-state index in [1.165, 1.54) is 6.92 Å². The molecule has 0 bridgehead atoms. The number of carbonyl (C=O) groups is 1. The van der Waals surface area contributed by atoms with Crippen molar-refractivity contribution in [2.75, 3.05) is 6.61 Å². The molecule has 29 heavy (non-hydrogen) atoms. The van der Waals surface area contributed by atoms with Crippen molar-refractivity contribution in [1.29, 1.82) is 0 Å². The van der Waals surface area contributed by atoms with Crippen LogP contribution in [-0.4, -0.2) is 53.4 Å². The topological polar surface area (TPSA) is 97.3 Å². The van der Waals surface area contributed by atoms with Crippen LogP contribution < -0.4 is 5.32 Å². The molecule has 0 saturated carbocycles. The van der Waals surface area contributed by atoms with Gasteiger partial charge in [-0.3, -0.25) is 4.79 Å². The highest BCUT2D eigenvalue weighted by Gasteiger charge is 2.46. The van der Waals surface area contributed by atoms with Gasteiger partial charge in [0.05, 0.1) is 19.8 Å². The Labute approximate surface area is 170 Å². The Balaban J connectivity index is 1.76. The third-order valence-corrected chi connectivity index (χ3v) is 4.77. The Hall–Kier alpha value is -2.29. The quantitative estimate of drug-likeness (QED) is 0.618. The molecule has 1 aliphatic heterocycles. The van der Waals surface area contributed by atoms with Gasteiger partial charge in [0, 0.05) is 6.92 Å². The smallest absolute Gasteiger partial charge is 0.217 e. The number of nitrogens with one attached hydrogen (secondary N) is 1. The molecule has 1 saturated heterocycles. The van der Waals surface area contributed by atoms with E-state index in [0.29, 0.717) is 0 Å². The minimum atomic E-state index is -1.13. The molecule has 0 spiro atoms. The third-order valence-electron chi connectivity index (χ3n) is 4.77. The molecule has 1 heterocycles. The van der Waals surface area contributed by atoms with E-state index in [-0.39, 0.29) is 19.1 Å². The molecule has 5 atom stereocenters. The molecule has 1 amide bonds. The summed E-state index contributed by atoms with van der Waals surface area (Å²) in [7, 11) is 0. The fraction of sp³-hybridized carbons (Fsp3) is 0.409. The van der Waals surface area contributed by atoms with Gasteiger partial charge in [-0.25, -0.2) is 0 Å². The van der Waals surface area contributed by atoms with Crippen LogP contribution in [0.25, 0.3) is 0 Å². The Bertz CT molecular complexity index is 756. The molecule has 2 unspecified atom stereocenters. The number of amides is 1. The van der Waals surface area contributed by atoms with Gasteiger partial charge in [-0.1, -0.05) is 60.7 Å². The first-order valence-corrected chi connectivity index (χ1v) is 9.61. The van der Waals surface area contributed by atoms with Crippen molar-refractivity contribution in [3.05, 3.63) is 71.8 Å². The molecule has 2 aromatic carbocycles. The standard InChI is InChI=1S/C22H27NO6/c1-15(25)23-19-21(27-13-16-8-4-2-5-9-16)20(26)18(12-24)29-22(19)28-14-17-10-6-3-7-11-17/h2-11,18-22,24,26H,12-14H2,1H3,(H,23,25)/t18?,19?,20-,21-,22+/m1/s1. The van der Waals surface area contributed by atoms with Crippen LogP contribution in [0.2, 0.25) is 0 Å². The number of hydrogen-bond donors (Lipinski definition) is 3. The Morgan fingerprint density at radius 3 is 2.07 bits per heavy atom. The highest BCUT2D eigenvalue weighted by Crippen LogP contribution is 2.26. The predicted molar refractivity (Wildman–Crippen MR) is 106 cm³/mol. The molecule has 7 heteroatoms. The van der Waals surface area contributed by atoms with Crippen LogP contribution >= 0.6 is 0 Å². The molecule has 0 aliphatic carbocycles. The van der Waals surface area contributed by atoms with E-state index in [2.05, 4.69) is 5.32 Å². The van der Waals surface area contributed by atoms with Crippen LogP contribution in [-0.2, 0) is 32.2 Å². The van der Waals surface area contributed by atoms with Gasteiger partial charge in [-0.05, 0) is 11.1 Å². The summed E-state index contributed by atoms with van der Waals surface area (Å²) in [6.07, 6.45) is -3.72. The van der Waals surface area contributed by atoms with Crippen LogP contribution in [0.4, 0.5) is 0 Å². The maximum Gasteiger partial charge on any atom is 0.217 e. The summed E-state index contributed by atoms with van der Waals surface area (Å²) < 4.78 is 17.6. The number of hydrogen-bond acceptors (Lipinski definition) is 6. The molecular weight excluding hydrogens is 374 g/mol. The van der Waals surface area contributed by atoms with Crippen LogP contribution in [0.5, 0.6) is 0 Å². The van der Waals surface area contributed by atoms with Crippen molar-refractivity contribution in [2.24, 2.45) is 0 Å². The van der Waals surface area contributed by atoms with E-state index in [4.69, 9.17) is 14.2 Å². The zero-order valence-electron chi connectivity index (χ0n) is 16.3. The fourth-order valence-electron chi connectivity index (χ4n) is 3.32. The average Bonchev–Trinajstić information content (AvgIpc) is 2.74. The van der Waals surface area contributed by atoms with E-state index >= 15 is 0 Å². The minimum Gasteiger partial charge on any atom is -0.394 e. The van der Waals surface area contributed by atoms with Gasteiger partial charge in [-0.2, -0.15) is 0 Å². The van der Waals surface area contributed by atoms with Crippen LogP contribution in [0, 0.1) is 0 Å². The number of benzene rings is 2. The van der Waals surface area contributed by atoms with Gasteiger partial charge in [0.25, 0.3) is 0 Å². The molecule has 156 valence electrons. The van der Waals surface area contributed by atoms with Gasteiger partial charge in [0.15, 0.2) is 6.29 Å². The normalized spacial score (nSPS) is 26.8. The summed E-state index contributed by atoms with van der Waals surface area (Å²) in [6.45, 7) is 1.47. The van der Waals surface area contributed by atoms with Gasteiger partial charge in [-0.15, -0.1) is 0 Å². The molecular formula is C22H27NO6. The molecule has 3 rings (SSSR count). The lowest BCUT2D eigenvalue weighted by Crippen LogP contribution is -2.65. The predicted octanol–water partition coefficient (Wildman–Crippen LogP) is 1.37. The summed E-state index contributed by atoms with van der Waals surface area (Å²) >= 11 is 0. The fourth-order valence-corrected chi connectivity index (χ4v) is 3.32. The van der Waals surface area contributed by atoms with E-state index in [1.807, 2.05) is 60.7 Å². The molecule has 0 radical (unpaired) electrons. The van der Waals surface area contributed by atoms with Crippen molar-refractivity contribution < 1.29 is 29.2 Å². The first-order valence-electron chi connectivity index (χ1n) is 9.61. The molecule has 3 N–H and O–H groups in total. The second-order valence-corrected chi connectivity index (χ2v) is 7.00. The largest absolute Gasteiger partial charge is 0.394 e. The number of aliphatic hydroxyl groups excluding tert-OH is 2. The van der Waals surface area contributed by atoms with Gasteiger partial charge < -0.3 is 29.7 Å². The minimum absolute atomic E-state index is 0.238. The van der Waals surface area contributed by atoms with Crippen molar-refractivity contribution in [2.45, 2.75) is 50.8 Å². The first kappa shape index (κ1) is 21.4. The van der Waals surface area contributed by atoms with E-state index in [9.17, 15) is 15.0 Å². The van der Waals surface area contributed by atoms with Crippen LogP contribution in [0.15, 0.2) is 60.7 Å². The molecule has 7 nitrogen and oxygen atoms in total. The zero-order valence-corrected chi connectivity index (χ0v) is 16.3. The maximum atomic E-state index is 11.8. The monoisotopic (exact) mass is 401 g/mol. The van der Waals surface area contributed by atoms with Crippen molar-refractivity contribution >= 4 is 5.91 Å². The van der Waals surface area contributed by atoms with Crippen LogP contribution in [0.3, 0.4) is 0 Å². The Morgan fingerprint density at radius 1 is 1.00 bits per heavy atom. The number of carbonyl (C=O) groups excluding carboxylic acids is 1. The molecule has 0 aromatic heterocycles. The lowest BCUT2D eigenvalue weighted by molar-refractivity contribution is -0.281. The zero-order chi connectivity index (χ0) is 20.6. The lowest BCUT2D eigenvalue weighted by Gasteiger charge is -2.44. The van der Waals surface area contributed by atoms with Crippen molar-refractivity contribution in [3.8, 4) is 0 Å². The molecule has 2 aromatic rings. The second kappa shape index (κ2) is 10.5. The second-order valence-electron chi connectivity index (χ2n) is 7.00. The van der Waals surface area contributed by atoms with Gasteiger partial charge >= 0.3 is 0 Å². The van der Waals surface area contributed by atoms with Crippen LogP contribution in [0.1, 0.15) is 18.1 Å². The lowest BCUT2D eigenvalue weighted by atomic mass is 9.96. The Morgan fingerprint density at radius 2 is 1.55 bits per heavy atom. The summed E-state index contributed by atoms with van der Waals surface area (Å²) in [5.41, 5.74) is 1.86. The summed E-state index contributed by atoms with van der Waals surface area (Å²) in [4.78, 5) is 11.8. The summed E-state index contributed by atoms with van der Waals surface area (Å²) in [5, 5.41) is 23.1. The number of aliphatic hydroxyl groups is 2. The number of ether oxygens (including phenoxy) is 3. The third kappa shape index (κ3) is 5.85. The van der Waals surface area contributed by atoms with E-state index in [0.717, 1.165) is 11.1 Å². The highest BCUT2D eigenvalue weighted by atomic mass is 16.7. The summed E-state index contributed by atoms with van der Waals surface area (Å²) in [6, 6.07) is 18.3. The van der Waals surface area contributed by atoms with Crippen molar-refractivity contribution in [3.63, 3.8) is 0 Å². The average molecular weight is 401 g/mol. The van der Waals surface area contributed by atoms with Gasteiger partial charge in [0.2, 0.25) is 5.91 Å². The van der Waals surface area contributed by atoms with Gasteiger partial charge in [0.1, 0.15) is 24.4 Å². The molecule has 1 fully saturated rings. The van der Waals surface area contributed by atoms with E-state index < -0.39 is 37.3 Å². The summed E-state index contributed by atoms with van der Waals surface area (Å²) in [5.74, 6) is -0.296. The first-order chi connectivity index (χ1) is 14.1. The number of rotatable bonds is 8. The Kier molecular flexibility index (Phi) is 7.74. The molecule has 1 aliphatic rings.